The smallest absolute Gasteiger partial charge is 0.129 e. The number of oxime groups is 1. The quantitative estimate of drug-likeness (QED) is 0.578. The Kier molecular flexibility index (Phi) is 8.12. The molecule has 2 bridgehead atoms. The van der Waals surface area contributed by atoms with Crippen molar-refractivity contribution < 1.29 is 4.84 Å². The Morgan fingerprint density at radius 3 is 2.41 bits per heavy atom. The van der Waals surface area contributed by atoms with E-state index >= 15 is 0 Å². The molecule has 0 spiro atoms. The van der Waals surface area contributed by atoms with Crippen molar-refractivity contribution in [2.75, 3.05) is 46.9 Å². The summed E-state index contributed by atoms with van der Waals surface area (Å²) in [7, 11) is 4.09. The van der Waals surface area contributed by atoms with Gasteiger partial charge in [-0.1, -0.05) is 5.16 Å². The van der Waals surface area contributed by atoms with Crippen LogP contribution < -0.4 is 0 Å². The first kappa shape index (κ1) is 17.0. The van der Waals surface area contributed by atoms with Crippen LogP contribution in [0.15, 0.2) is 5.16 Å². The van der Waals surface area contributed by atoms with E-state index in [9.17, 15) is 0 Å². The largest absolute Gasteiger partial charge is 0.394 e. The van der Waals surface area contributed by atoms with Crippen molar-refractivity contribution in [3.05, 3.63) is 0 Å². The van der Waals surface area contributed by atoms with E-state index in [1.54, 1.807) is 0 Å². The predicted molar refractivity (Wildman–Crippen MR) is 75.6 cm³/mol. The van der Waals surface area contributed by atoms with Gasteiger partial charge in [0, 0.05) is 19.0 Å². The predicted octanol–water partition coefficient (Wildman–Crippen LogP) is 1.49. The van der Waals surface area contributed by atoms with Crippen molar-refractivity contribution in [2.24, 2.45) is 11.1 Å². The van der Waals surface area contributed by atoms with Gasteiger partial charge in [-0.05, 0) is 40.0 Å². The Bertz CT molecular complexity index is 241. The molecular weight excluding hydrogens is 261 g/mol. The SMILES string of the molecule is CN(C)CCO/N=C1\CN2CCC1CC2.Cl.Cl. The van der Waals surface area contributed by atoms with Crippen molar-refractivity contribution in [2.45, 2.75) is 12.8 Å². The van der Waals surface area contributed by atoms with Gasteiger partial charge >= 0.3 is 0 Å². The van der Waals surface area contributed by atoms with Crippen molar-refractivity contribution in [3.8, 4) is 0 Å². The molecule has 3 aliphatic rings. The Labute approximate surface area is 116 Å². The number of nitrogens with zero attached hydrogens (tertiary/aromatic N) is 3. The van der Waals surface area contributed by atoms with Crippen molar-refractivity contribution in [1.29, 1.82) is 0 Å². The summed E-state index contributed by atoms with van der Waals surface area (Å²) in [5.74, 6) is 0.703. The van der Waals surface area contributed by atoms with E-state index in [4.69, 9.17) is 4.84 Å². The van der Waals surface area contributed by atoms with E-state index in [0.29, 0.717) is 12.5 Å². The third-order valence-electron chi connectivity index (χ3n) is 3.26. The van der Waals surface area contributed by atoms with Crippen molar-refractivity contribution >= 4 is 30.5 Å². The standard InChI is InChI=1S/C11H21N3O.2ClH/c1-13(2)7-8-15-12-11-9-14-5-3-10(11)4-6-14;;/h10H,3-9H2,1-2H3;2*1H/b12-11+;;. The molecule has 0 atom stereocenters. The first-order valence-corrected chi connectivity index (χ1v) is 5.81. The molecule has 0 aromatic rings. The second-order valence-electron chi connectivity index (χ2n) is 4.77. The van der Waals surface area contributed by atoms with Gasteiger partial charge in [0.05, 0.1) is 5.71 Å². The summed E-state index contributed by atoms with van der Waals surface area (Å²) in [5, 5.41) is 4.29. The second-order valence-corrected chi connectivity index (χ2v) is 4.77. The molecule has 0 aliphatic carbocycles. The average molecular weight is 284 g/mol. The molecule has 0 unspecified atom stereocenters. The fourth-order valence-corrected chi connectivity index (χ4v) is 2.24. The Balaban J connectivity index is 0.00000128. The number of rotatable bonds is 4. The van der Waals surface area contributed by atoms with Gasteiger partial charge in [0.25, 0.3) is 0 Å². The van der Waals surface area contributed by atoms with Crippen LogP contribution in [0.1, 0.15) is 12.8 Å². The summed E-state index contributed by atoms with van der Waals surface area (Å²) >= 11 is 0. The molecule has 3 rings (SSSR count). The highest BCUT2D eigenvalue weighted by atomic mass is 35.5. The van der Waals surface area contributed by atoms with Gasteiger partial charge in [-0.2, -0.15) is 0 Å². The summed E-state index contributed by atoms with van der Waals surface area (Å²) in [5.41, 5.74) is 1.27. The highest BCUT2D eigenvalue weighted by molar-refractivity contribution is 5.89. The van der Waals surface area contributed by atoms with Gasteiger partial charge in [0.2, 0.25) is 0 Å². The zero-order chi connectivity index (χ0) is 10.7. The van der Waals surface area contributed by atoms with E-state index in [-0.39, 0.29) is 24.8 Å². The number of likely N-dealkylation sites (N-methyl/N-ethyl adjacent to an activating group) is 1. The number of fused-ring (bicyclic) bond motifs is 3. The maximum Gasteiger partial charge on any atom is 0.129 e. The first-order valence-electron chi connectivity index (χ1n) is 5.81. The van der Waals surface area contributed by atoms with Gasteiger partial charge in [0.1, 0.15) is 6.61 Å². The summed E-state index contributed by atoms with van der Waals surface area (Å²) < 4.78 is 0. The zero-order valence-electron chi connectivity index (χ0n) is 10.6. The lowest BCUT2D eigenvalue weighted by Crippen LogP contribution is -2.48. The van der Waals surface area contributed by atoms with Gasteiger partial charge in [0.15, 0.2) is 0 Å². The molecule has 0 saturated carbocycles. The molecule has 17 heavy (non-hydrogen) atoms. The highest BCUT2D eigenvalue weighted by Crippen LogP contribution is 2.25. The molecule has 6 heteroatoms. The molecule has 0 radical (unpaired) electrons. The van der Waals surface area contributed by atoms with Crippen LogP contribution in [0.3, 0.4) is 0 Å². The van der Waals surface area contributed by atoms with Crippen LogP contribution in [0.4, 0.5) is 0 Å². The lowest BCUT2D eigenvalue weighted by atomic mass is 9.87. The van der Waals surface area contributed by atoms with Crippen LogP contribution in [0.25, 0.3) is 0 Å². The Morgan fingerprint density at radius 1 is 1.29 bits per heavy atom. The third kappa shape index (κ3) is 5.00. The Hall–Kier alpha value is -0.0300. The van der Waals surface area contributed by atoms with Crippen molar-refractivity contribution in [1.82, 2.24) is 9.80 Å². The van der Waals surface area contributed by atoms with Crippen LogP contribution in [0.5, 0.6) is 0 Å². The zero-order valence-corrected chi connectivity index (χ0v) is 12.2. The summed E-state index contributed by atoms with van der Waals surface area (Å²) in [4.78, 5) is 9.93. The maximum absolute atomic E-state index is 5.36. The minimum Gasteiger partial charge on any atom is -0.394 e. The topological polar surface area (TPSA) is 28.1 Å². The van der Waals surface area contributed by atoms with Gasteiger partial charge in [-0.3, -0.25) is 4.90 Å². The van der Waals surface area contributed by atoms with E-state index in [2.05, 4.69) is 15.0 Å². The molecule has 0 N–H and O–H groups in total. The third-order valence-corrected chi connectivity index (χ3v) is 3.26. The molecule has 4 nitrogen and oxygen atoms in total. The minimum absolute atomic E-state index is 0. The number of halogens is 2. The first-order chi connectivity index (χ1) is 7.25. The van der Waals surface area contributed by atoms with Crippen molar-refractivity contribution in [3.63, 3.8) is 0 Å². The number of hydrogen-bond acceptors (Lipinski definition) is 4. The molecule has 3 aliphatic heterocycles. The monoisotopic (exact) mass is 283 g/mol. The summed E-state index contributed by atoms with van der Waals surface area (Å²) in [6.07, 6.45) is 2.55. The van der Waals surface area contributed by atoms with Crippen LogP contribution in [0.2, 0.25) is 0 Å². The van der Waals surface area contributed by atoms with Crippen LogP contribution >= 0.6 is 24.8 Å². The van der Waals surface area contributed by atoms with E-state index in [1.807, 2.05) is 14.1 Å². The van der Waals surface area contributed by atoms with Crippen LogP contribution in [-0.2, 0) is 4.84 Å². The molecule has 0 amide bonds. The summed E-state index contributed by atoms with van der Waals surface area (Å²) in [6.45, 7) is 5.17. The number of hydrogen-bond donors (Lipinski definition) is 0. The lowest BCUT2D eigenvalue weighted by molar-refractivity contribution is 0.115. The van der Waals surface area contributed by atoms with Crippen LogP contribution in [-0.4, -0.2) is 62.4 Å². The molecule has 0 aromatic heterocycles. The molecule has 3 saturated heterocycles. The van der Waals surface area contributed by atoms with E-state index in [0.717, 1.165) is 13.1 Å². The normalized spacial score (nSPS) is 28.8. The molecule has 102 valence electrons. The molecule has 0 aromatic carbocycles. The Morgan fingerprint density at radius 2 is 1.94 bits per heavy atom. The second kappa shape index (κ2) is 8.14. The fraction of sp³-hybridized carbons (Fsp3) is 0.909. The average Bonchev–Trinajstić information content (AvgIpc) is 2.26. The van der Waals surface area contributed by atoms with E-state index in [1.165, 1.54) is 31.6 Å². The fourth-order valence-electron chi connectivity index (χ4n) is 2.24. The van der Waals surface area contributed by atoms with Crippen LogP contribution in [0, 0.1) is 5.92 Å². The highest BCUT2D eigenvalue weighted by Gasteiger charge is 2.31. The number of piperidine rings is 3. The molecular formula is C11H23Cl2N3O. The minimum atomic E-state index is 0. The molecule has 3 heterocycles. The lowest BCUT2D eigenvalue weighted by Gasteiger charge is -2.39. The van der Waals surface area contributed by atoms with Gasteiger partial charge in [-0.15, -0.1) is 24.8 Å². The summed E-state index contributed by atoms with van der Waals surface area (Å²) in [6, 6.07) is 0. The maximum atomic E-state index is 5.36. The van der Waals surface area contributed by atoms with Gasteiger partial charge in [-0.25, -0.2) is 0 Å². The van der Waals surface area contributed by atoms with Gasteiger partial charge < -0.3 is 9.74 Å². The molecule has 3 fully saturated rings. The van der Waals surface area contributed by atoms with E-state index < -0.39 is 0 Å².